The van der Waals surface area contributed by atoms with Gasteiger partial charge in [-0.25, -0.2) is 0 Å². The molecule has 1 heterocycles. The molecule has 1 aliphatic rings. The first-order valence-electron chi connectivity index (χ1n) is 9.06. The fraction of sp³-hybridized carbons (Fsp3) is 0.600. The van der Waals surface area contributed by atoms with Crippen LogP contribution in [0.15, 0.2) is 24.3 Å². The Hall–Kier alpha value is -1.88. The highest BCUT2D eigenvalue weighted by Crippen LogP contribution is 2.26. The first-order chi connectivity index (χ1) is 11.7. The first kappa shape index (κ1) is 19.4. The topological polar surface area (TPSA) is 70.2 Å². The van der Waals surface area contributed by atoms with Crippen molar-refractivity contribution in [3.63, 3.8) is 0 Å². The molecule has 0 aromatic heterocycles. The lowest BCUT2D eigenvalue weighted by molar-refractivity contribution is 0.0917. The van der Waals surface area contributed by atoms with Gasteiger partial charge in [0.05, 0.1) is 0 Å². The van der Waals surface area contributed by atoms with Gasteiger partial charge in [0.2, 0.25) is 0 Å². The van der Waals surface area contributed by atoms with Crippen molar-refractivity contribution in [2.75, 3.05) is 26.2 Å². The van der Waals surface area contributed by atoms with Gasteiger partial charge in [-0.15, -0.1) is 0 Å². The summed E-state index contributed by atoms with van der Waals surface area (Å²) in [4.78, 5) is 24.5. The van der Waals surface area contributed by atoms with Crippen molar-refractivity contribution in [1.29, 1.82) is 0 Å². The van der Waals surface area contributed by atoms with E-state index in [1.165, 1.54) is 0 Å². The minimum Gasteiger partial charge on any atom is -0.352 e. The molecule has 0 spiro atoms. The summed E-state index contributed by atoms with van der Waals surface area (Å²) in [6.45, 7) is 11.7. The van der Waals surface area contributed by atoms with E-state index in [0.29, 0.717) is 24.2 Å². The van der Waals surface area contributed by atoms with E-state index in [2.05, 4.69) is 43.6 Å². The number of benzene rings is 1. The molecule has 0 unspecified atom stereocenters. The Morgan fingerprint density at radius 2 is 1.48 bits per heavy atom. The number of rotatable bonds is 5. The lowest BCUT2D eigenvalue weighted by atomic mass is 9.81. The lowest BCUT2D eigenvalue weighted by Crippen LogP contribution is -2.42. The fourth-order valence-corrected chi connectivity index (χ4v) is 2.82. The van der Waals surface area contributed by atoms with E-state index in [1.807, 2.05) is 0 Å². The molecule has 138 valence electrons. The van der Waals surface area contributed by atoms with Crippen LogP contribution in [0.2, 0.25) is 0 Å². The summed E-state index contributed by atoms with van der Waals surface area (Å²) in [5.74, 6) is -0.189. The van der Waals surface area contributed by atoms with Gasteiger partial charge in [0.1, 0.15) is 0 Å². The predicted molar refractivity (Wildman–Crippen MR) is 101 cm³/mol. The minimum absolute atomic E-state index is 0.0419. The first-order valence-corrected chi connectivity index (χ1v) is 9.06. The molecule has 0 bridgehead atoms. The molecular formula is C20H31N3O2. The van der Waals surface area contributed by atoms with Crippen LogP contribution in [-0.4, -0.2) is 38.0 Å². The molecule has 25 heavy (non-hydrogen) atoms. The summed E-state index contributed by atoms with van der Waals surface area (Å²) in [5, 5.41) is 9.30. The Morgan fingerprint density at radius 1 is 1.00 bits per heavy atom. The van der Waals surface area contributed by atoms with Gasteiger partial charge in [-0.3, -0.25) is 9.59 Å². The van der Waals surface area contributed by atoms with Gasteiger partial charge in [0, 0.05) is 24.2 Å². The second-order valence-electron chi connectivity index (χ2n) is 8.56. The zero-order valence-electron chi connectivity index (χ0n) is 15.9. The van der Waals surface area contributed by atoms with Gasteiger partial charge < -0.3 is 16.0 Å². The van der Waals surface area contributed by atoms with Gasteiger partial charge in [0.25, 0.3) is 11.8 Å². The van der Waals surface area contributed by atoms with Crippen LogP contribution in [0.4, 0.5) is 0 Å². The van der Waals surface area contributed by atoms with E-state index in [1.54, 1.807) is 24.3 Å². The van der Waals surface area contributed by atoms with E-state index < -0.39 is 0 Å². The normalized spacial score (nSPS) is 17.0. The Morgan fingerprint density at radius 3 is 1.96 bits per heavy atom. The minimum atomic E-state index is -0.107. The Bertz CT molecular complexity index is 596. The van der Waals surface area contributed by atoms with Gasteiger partial charge >= 0.3 is 0 Å². The zero-order valence-corrected chi connectivity index (χ0v) is 15.9. The van der Waals surface area contributed by atoms with Crippen molar-refractivity contribution in [3.05, 3.63) is 35.4 Å². The summed E-state index contributed by atoms with van der Waals surface area (Å²) in [5.41, 5.74) is 1.37. The molecule has 1 aromatic carbocycles. The zero-order chi connectivity index (χ0) is 18.5. The summed E-state index contributed by atoms with van der Waals surface area (Å²) in [6, 6.07) is 6.84. The molecule has 2 amide bonds. The van der Waals surface area contributed by atoms with Crippen molar-refractivity contribution < 1.29 is 9.59 Å². The highest BCUT2D eigenvalue weighted by molar-refractivity contribution is 5.97. The van der Waals surface area contributed by atoms with Crippen molar-refractivity contribution in [2.24, 2.45) is 10.8 Å². The number of hydrogen-bond acceptors (Lipinski definition) is 3. The average Bonchev–Trinajstić information content (AvgIpc) is 2.58. The second kappa shape index (κ2) is 8.00. The Balaban J connectivity index is 1.88. The van der Waals surface area contributed by atoms with Crippen molar-refractivity contribution in [1.82, 2.24) is 16.0 Å². The highest BCUT2D eigenvalue weighted by Gasteiger charge is 2.27. The number of carbonyl (C=O) groups is 2. The maximum atomic E-state index is 12.3. The third-order valence-corrected chi connectivity index (χ3v) is 4.67. The van der Waals surface area contributed by atoms with Crippen LogP contribution < -0.4 is 16.0 Å². The van der Waals surface area contributed by atoms with Crippen LogP contribution in [0.3, 0.4) is 0 Å². The summed E-state index contributed by atoms with van der Waals surface area (Å²) in [7, 11) is 0. The Kier molecular flexibility index (Phi) is 6.22. The van der Waals surface area contributed by atoms with Crippen LogP contribution in [0, 0.1) is 10.8 Å². The van der Waals surface area contributed by atoms with Gasteiger partial charge in [0.15, 0.2) is 0 Å². The molecule has 5 heteroatoms. The largest absolute Gasteiger partial charge is 0.352 e. The van der Waals surface area contributed by atoms with Crippen LogP contribution in [0.5, 0.6) is 0 Å². The van der Waals surface area contributed by atoms with Crippen LogP contribution in [-0.2, 0) is 0 Å². The van der Waals surface area contributed by atoms with Gasteiger partial charge in [-0.05, 0) is 61.0 Å². The number of amides is 2. The van der Waals surface area contributed by atoms with Crippen molar-refractivity contribution >= 4 is 11.8 Å². The van der Waals surface area contributed by atoms with Gasteiger partial charge in [-0.2, -0.15) is 0 Å². The summed E-state index contributed by atoms with van der Waals surface area (Å²) in [6.07, 6.45) is 2.14. The number of hydrogen-bond donors (Lipinski definition) is 3. The maximum absolute atomic E-state index is 12.3. The highest BCUT2D eigenvalue weighted by atomic mass is 16.2. The third kappa shape index (κ3) is 6.16. The molecule has 1 aromatic rings. The van der Waals surface area contributed by atoms with Gasteiger partial charge in [-0.1, -0.05) is 27.7 Å². The number of nitrogens with one attached hydrogen (secondary N) is 3. The molecule has 1 aliphatic heterocycles. The monoisotopic (exact) mass is 345 g/mol. The standard InChI is InChI=1S/C20H31N3O2/c1-19(2,3)13-22-17(24)15-5-7-16(8-6-15)18(25)23-14-20(4)9-11-21-12-10-20/h5-8,21H,9-14H2,1-4H3,(H,22,24)(H,23,25). The quantitative estimate of drug-likeness (QED) is 0.768. The summed E-state index contributed by atoms with van der Waals surface area (Å²) >= 11 is 0. The molecule has 0 atom stereocenters. The van der Waals surface area contributed by atoms with E-state index >= 15 is 0 Å². The second-order valence-corrected chi connectivity index (χ2v) is 8.56. The molecule has 5 nitrogen and oxygen atoms in total. The molecule has 1 fully saturated rings. The Labute approximate surface area is 151 Å². The SMILES string of the molecule is CC(C)(C)CNC(=O)c1ccc(C(=O)NCC2(C)CCNCC2)cc1. The van der Waals surface area contributed by atoms with E-state index in [4.69, 9.17) is 0 Å². The molecule has 2 rings (SSSR count). The molecule has 0 saturated carbocycles. The molecular weight excluding hydrogens is 314 g/mol. The molecule has 1 saturated heterocycles. The maximum Gasteiger partial charge on any atom is 0.251 e. The molecule has 3 N–H and O–H groups in total. The average molecular weight is 345 g/mol. The van der Waals surface area contributed by atoms with Crippen molar-refractivity contribution in [2.45, 2.75) is 40.5 Å². The van der Waals surface area contributed by atoms with Crippen molar-refractivity contribution in [3.8, 4) is 0 Å². The fourth-order valence-electron chi connectivity index (χ4n) is 2.82. The third-order valence-electron chi connectivity index (χ3n) is 4.67. The van der Waals surface area contributed by atoms with Crippen LogP contribution >= 0.6 is 0 Å². The van der Waals surface area contributed by atoms with E-state index in [9.17, 15) is 9.59 Å². The van der Waals surface area contributed by atoms with Crippen LogP contribution in [0.25, 0.3) is 0 Å². The lowest BCUT2D eigenvalue weighted by Gasteiger charge is -2.34. The number of piperidine rings is 1. The predicted octanol–water partition coefficient (Wildman–Crippen LogP) is 2.58. The number of carbonyl (C=O) groups excluding carboxylic acids is 2. The van der Waals surface area contributed by atoms with E-state index in [-0.39, 0.29) is 22.6 Å². The van der Waals surface area contributed by atoms with E-state index in [0.717, 1.165) is 25.9 Å². The summed E-state index contributed by atoms with van der Waals surface area (Å²) < 4.78 is 0. The smallest absolute Gasteiger partial charge is 0.251 e. The van der Waals surface area contributed by atoms with Crippen LogP contribution in [0.1, 0.15) is 61.3 Å². The molecule has 0 aliphatic carbocycles. The molecule has 0 radical (unpaired) electrons.